The van der Waals surface area contributed by atoms with Gasteiger partial charge in [-0.15, -0.1) is 0 Å². The Labute approximate surface area is 180 Å². The Kier molecular flexibility index (Phi) is 6.31. The molecule has 1 saturated heterocycles. The number of hydrogen-bond donors (Lipinski definition) is 2. The minimum atomic E-state index is -4.62. The molecule has 1 aliphatic heterocycles. The first kappa shape index (κ1) is 23.7. The standard InChI is InChI=1S/C19H19F5N4O3S/c1-31-17-13(4-3-12(20)16(17)21)28-9-10(19(22,23)24)7-14(28)18(29)27-11-5-6-26-15(8-11)32(2,25)30/h3-6,8,10,14,25H,7,9H2,1-2H3,(H,26,27,29)/t10?,14?,32-/m1/s1. The highest BCUT2D eigenvalue weighted by Gasteiger charge is 2.50. The molecule has 7 nitrogen and oxygen atoms in total. The van der Waals surface area contributed by atoms with Crippen LogP contribution < -0.4 is 15.0 Å². The maximum atomic E-state index is 14.2. The number of alkyl halides is 3. The highest BCUT2D eigenvalue weighted by atomic mass is 32.2. The molecule has 0 aliphatic carbocycles. The van der Waals surface area contributed by atoms with E-state index in [1.807, 2.05) is 0 Å². The monoisotopic (exact) mass is 478 g/mol. The number of hydrogen-bond acceptors (Lipinski definition) is 6. The predicted octanol–water partition coefficient (Wildman–Crippen LogP) is 3.80. The van der Waals surface area contributed by atoms with Crippen LogP contribution in [0.1, 0.15) is 6.42 Å². The summed E-state index contributed by atoms with van der Waals surface area (Å²) < 4.78 is 92.4. The molecule has 0 bridgehead atoms. The highest BCUT2D eigenvalue weighted by molar-refractivity contribution is 7.91. The van der Waals surface area contributed by atoms with Crippen LogP contribution in [0.4, 0.5) is 33.3 Å². The lowest BCUT2D eigenvalue weighted by atomic mass is 10.0. The van der Waals surface area contributed by atoms with Crippen LogP contribution in [-0.2, 0) is 14.5 Å². The summed E-state index contributed by atoms with van der Waals surface area (Å²) in [5.74, 6) is -6.00. The molecule has 13 heteroatoms. The van der Waals surface area contributed by atoms with Crippen molar-refractivity contribution in [2.75, 3.05) is 30.1 Å². The van der Waals surface area contributed by atoms with E-state index in [1.165, 1.54) is 18.3 Å². The molecular formula is C19H19F5N4O3S. The number of nitrogens with one attached hydrogen (secondary N) is 2. The number of ether oxygens (including phenoxy) is 1. The Bertz CT molecular complexity index is 1140. The number of benzene rings is 1. The first-order chi connectivity index (χ1) is 14.8. The molecule has 2 N–H and O–H groups in total. The summed E-state index contributed by atoms with van der Waals surface area (Å²) in [5.41, 5.74) is -0.120. The molecule has 3 atom stereocenters. The Balaban J connectivity index is 1.97. The van der Waals surface area contributed by atoms with Crippen molar-refractivity contribution in [1.29, 1.82) is 4.78 Å². The molecule has 1 aromatic heterocycles. The first-order valence-corrected chi connectivity index (χ1v) is 11.2. The molecule has 1 amide bonds. The molecule has 32 heavy (non-hydrogen) atoms. The topological polar surface area (TPSA) is 95.4 Å². The van der Waals surface area contributed by atoms with Crippen molar-refractivity contribution >= 4 is 27.0 Å². The van der Waals surface area contributed by atoms with Crippen LogP contribution in [0.25, 0.3) is 0 Å². The Morgan fingerprint density at radius 2 is 2.00 bits per heavy atom. The van der Waals surface area contributed by atoms with Crippen molar-refractivity contribution in [3.63, 3.8) is 0 Å². The van der Waals surface area contributed by atoms with Gasteiger partial charge in [-0.05, 0) is 30.7 Å². The number of pyridine rings is 1. The van der Waals surface area contributed by atoms with Gasteiger partial charge in [-0.1, -0.05) is 0 Å². The van der Waals surface area contributed by atoms with E-state index in [4.69, 9.17) is 9.52 Å². The number of carbonyl (C=O) groups is 1. The number of methoxy groups -OCH3 is 1. The molecule has 2 unspecified atom stereocenters. The minimum Gasteiger partial charge on any atom is -0.491 e. The van der Waals surface area contributed by atoms with Crippen LogP contribution in [0.2, 0.25) is 0 Å². The third kappa shape index (κ3) is 4.76. The maximum Gasteiger partial charge on any atom is 0.393 e. The summed E-state index contributed by atoms with van der Waals surface area (Å²) in [6, 6.07) is 2.91. The third-order valence-electron chi connectivity index (χ3n) is 5.01. The Morgan fingerprint density at radius 1 is 1.31 bits per heavy atom. The SMILES string of the molecule is COc1c(N2CC(C(F)(F)F)CC2C(=O)Nc2ccnc([S@](C)(=N)=O)c2)ccc(F)c1F. The largest absolute Gasteiger partial charge is 0.491 e. The van der Waals surface area contributed by atoms with Crippen LogP contribution in [0.5, 0.6) is 5.75 Å². The van der Waals surface area contributed by atoms with Gasteiger partial charge in [0, 0.05) is 24.7 Å². The second-order valence-corrected chi connectivity index (χ2v) is 9.38. The van der Waals surface area contributed by atoms with Gasteiger partial charge in [-0.3, -0.25) is 4.79 Å². The summed E-state index contributed by atoms with van der Waals surface area (Å²) in [7, 11) is -2.16. The molecule has 0 spiro atoms. The van der Waals surface area contributed by atoms with E-state index in [-0.39, 0.29) is 16.4 Å². The summed E-state index contributed by atoms with van der Waals surface area (Å²) in [4.78, 5) is 17.7. The van der Waals surface area contributed by atoms with Crippen LogP contribution in [-0.4, -0.2) is 47.2 Å². The zero-order valence-electron chi connectivity index (χ0n) is 16.9. The highest BCUT2D eigenvalue weighted by Crippen LogP contribution is 2.43. The van der Waals surface area contributed by atoms with Crippen LogP contribution in [0.3, 0.4) is 0 Å². The van der Waals surface area contributed by atoms with Gasteiger partial charge in [0.25, 0.3) is 0 Å². The molecule has 2 heterocycles. The molecule has 0 radical (unpaired) electrons. The number of rotatable bonds is 5. The molecule has 1 fully saturated rings. The third-order valence-corrected chi connectivity index (χ3v) is 6.03. The van der Waals surface area contributed by atoms with Crippen LogP contribution in [0.15, 0.2) is 35.5 Å². The van der Waals surface area contributed by atoms with Gasteiger partial charge < -0.3 is 15.0 Å². The van der Waals surface area contributed by atoms with E-state index in [0.29, 0.717) is 0 Å². The summed E-state index contributed by atoms with van der Waals surface area (Å²) in [6.07, 6.45) is -2.92. The molecule has 1 aliphatic rings. The number of aromatic nitrogens is 1. The van der Waals surface area contributed by atoms with Gasteiger partial charge in [0.05, 0.1) is 28.4 Å². The zero-order valence-corrected chi connectivity index (χ0v) is 17.7. The quantitative estimate of drug-likeness (QED) is 0.638. The van der Waals surface area contributed by atoms with Gasteiger partial charge in [0.2, 0.25) is 11.7 Å². The lowest BCUT2D eigenvalue weighted by molar-refractivity contribution is -0.168. The molecule has 3 rings (SSSR count). The van der Waals surface area contributed by atoms with E-state index in [0.717, 1.165) is 30.4 Å². The molecule has 1 aromatic carbocycles. The fourth-order valence-electron chi connectivity index (χ4n) is 3.46. The fourth-order valence-corrected chi connectivity index (χ4v) is 4.07. The Morgan fingerprint density at radius 3 is 2.59 bits per heavy atom. The summed E-state index contributed by atoms with van der Waals surface area (Å²) >= 11 is 0. The number of carbonyl (C=O) groups excluding carboxylic acids is 1. The van der Waals surface area contributed by atoms with Crippen LogP contribution in [0, 0.1) is 22.3 Å². The van der Waals surface area contributed by atoms with E-state index < -0.39 is 64.1 Å². The smallest absolute Gasteiger partial charge is 0.393 e. The minimum absolute atomic E-state index is 0.0782. The average Bonchev–Trinajstić information content (AvgIpc) is 3.15. The molecule has 174 valence electrons. The second kappa shape index (κ2) is 8.52. The Hall–Kier alpha value is -2.96. The molecule has 0 saturated carbocycles. The van der Waals surface area contributed by atoms with E-state index >= 15 is 0 Å². The van der Waals surface area contributed by atoms with E-state index in [2.05, 4.69) is 10.3 Å². The van der Waals surface area contributed by atoms with Gasteiger partial charge in [-0.25, -0.2) is 18.4 Å². The van der Waals surface area contributed by atoms with Gasteiger partial charge >= 0.3 is 6.18 Å². The number of halogens is 5. The molecule has 2 aromatic rings. The average molecular weight is 478 g/mol. The number of anilines is 2. The van der Waals surface area contributed by atoms with Crippen molar-refractivity contribution in [3.05, 3.63) is 42.1 Å². The number of amides is 1. The van der Waals surface area contributed by atoms with Crippen molar-refractivity contribution in [1.82, 2.24) is 4.98 Å². The zero-order chi connectivity index (χ0) is 23.8. The number of nitrogens with zero attached hydrogens (tertiary/aromatic N) is 2. The first-order valence-electron chi connectivity index (χ1n) is 9.19. The lowest BCUT2D eigenvalue weighted by Crippen LogP contribution is -2.40. The van der Waals surface area contributed by atoms with Crippen molar-refractivity contribution in [3.8, 4) is 5.75 Å². The summed E-state index contributed by atoms with van der Waals surface area (Å²) in [5, 5.41) is 2.31. The van der Waals surface area contributed by atoms with Crippen molar-refractivity contribution in [2.24, 2.45) is 5.92 Å². The lowest BCUT2D eigenvalue weighted by Gasteiger charge is -2.27. The normalized spacial score (nSPS) is 20.7. The summed E-state index contributed by atoms with van der Waals surface area (Å²) in [6.45, 7) is -0.667. The van der Waals surface area contributed by atoms with E-state index in [1.54, 1.807) is 0 Å². The second-order valence-electron chi connectivity index (χ2n) is 7.27. The maximum absolute atomic E-state index is 14.2. The van der Waals surface area contributed by atoms with Crippen molar-refractivity contribution in [2.45, 2.75) is 23.7 Å². The van der Waals surface area contributed by atoms with E-state index in [9.17, 15) is 31.0 Å². The predicted molar refractivity (Wildman–Crippen MR) is 106 cm³/mol. The van der Waals surface area contributed by atoms with Gasteiger partial charge in [0.15, 0.2) is 11.6 Å². The fraction of sp³-hybridized carbons (Fsp3) is 0.368. The van der Waals surface area contributed by atoms with Crippen molar-refractivity contribution < 1.29 is 35.7 Å². The molecular weight excluding hydrogens is 459 g/mol. The van der Waals surface area contributed by atoms with Gasteiger partial charge in [0.1, 0.15) is 11.1 Å². The van der Waals surface area contributed by atoms with Gasteiger partial charge in [-0.2, -0.15) is 17.6 Å². The van der Waals surface area contributed by atoms with Crippen LogP contribution >= 0.6 is 0 Å².